The summed E-state index contributed by atoms with van der Waals surface area (Å²) in [5.74, 6) is 1.09. The minimum Gasteiger partial charge on any atom is -0.491 e. The van der Waals surface area contributed by atoms with Crippen molar-refractivity contribution >= 4 is 23.1 Å². The molecule has 0 saturated carbocycles. The molecule has 0 aliphatic carbocycles. The van der Waals surface area contributed by atoms with Crippen LogP contribution in [0.25, 0.3) is 21.7 Å². The van der Waals surface area contributed by atoms with Crippen molar-refractivity contribution < 1.29 is 9.84 Å². The van der Waals surface area contributed by atoms with Gasteiger partial charge in [-0.1, -0.05) is 54.6 Å². The van der Waals surface area contributed by atoms with Crippen LogP contribution in [-0.4, -0.2) is 28.6 Å². The molecule has 0 saturated heterocycles. The Morgan fingerprint density at radius 2 is 1.77 bits per heavy atom. The van der Waals surface area contributed by atoms with E-state index in [1.807, 2.05) is 84.2 Å². The number of nitrogens with zero attached hydrogens (tertiary/aromatic N) is 2. The third-order valence-electron chi connectivity index (χ3n) is 4.55. The van der Waals surface area contributed by atoms with Gasteiger partial charge in [0.05, 0.1) is 22.2 Å². The number of aromatic nitrogens is 1. The summed E-state index contributed by atoms with van der Waals surface area (Å²) in [4.78, 5) is 5.80. The van der Waals surface area contributed by atoms with Crippen LogP contribution in [0.15, 0.2) is 89.3 Å². The largest absolute Gasteiger partial charge is 0.491 e. The highest BCUT2D eigenvalue weighted by Gasteiger charge is 2.17. The number of benzene rings is 2. The molecular weight excluding hydrogens is 424 g/mol. The van der Waals surface area contributed by atoms with Crippen LogP contribution in [0.2, 0.25) is 0 Å². The average molecular weight is 445 g/mol. The van der Waals surface area contributed by atoms with Gasteiger partial charge < -0.3 is 9.84 Å². The molecular formula is C25H20N2O2S2. The van der Waals surface area contributed by atoms with Gasteiger partial charge in [-0.15, -0.1) is 23.1 Å². The number of ether oxygens (including phenoxy) is 1. The molecule has 0 aliphatic heterocycles. The van der Waals surface area contributed by atoms with Crippen LogP contribution in [0.4, 0.5) is 0 Å². The fourth-order valence-electron chi connectivity index (χ4n) is 3.06. The molecule has 0 aliphatic rings. The molecule has 2 aromatic heterocycles. The molecule has 2 heterocycles. The van der Waals surface area contributed by atoms with E-state index in [1.165, 1.54) is 11.8 Å². The number of thiophene rings is 1. The number of nitriles is 1. The second-order valence-corrected chi connectivity index (χ2v) is 8.74. The van der Waals surface area contributed by atoms with Crippen LogP contribution in [0.1, 0.15) is 5.56 Å². The molecule has 6 heteroatoms. The van der Waals surface area contributed by atoms with Crippen molar-refractivity contribution in [2.24, 2.45) is 0 Å². The van der Waals surface area contributed by atoms with Gasteiger partial charge in [0, 0.05) is 11.3 Å². The predicted octanol–water partition coefficient (Wildman–Crippen LogP) is 5.88. The summed E-state index contributed by atoms with van der Waals surface area (Å²) >= 11 is 2.98. The van der Waals surface area contributed by atoms with E-state index < -0.39 is 6.10 Å². The molecule has 4 rings (SSSR count). The average Bonchev–Trinajstić information content (AvgIpc) is 3.37. The van der Waals surface area contributed by atoms with Gasteiger partial charge in [0.15, 0.2) is 0 Å². The summed E-state index contributed by atoms with van der Waals surface area (Å²) < 4.78 is 5.64. The van der Waals surface area contributed by atoms with Crippen molar-refractivity contribution in [1.29, 1.82) is 5.26 Å². The van der Waals surface area contributed by atoms with Crippen LogP contribution >= 0.6 is 23.1 Å². The van der Waals surface area contributed by atoms with Crippen LogP contribution < -0.4 is 4.74 Å². The lowest BCUT2D eigenvalue weighted by molar-refractivity contribution is 0.126. The molecule has 31 heavy (non-hydrogen) atoms. The number of pyridine rings is 1. The maximum Gasteiger partial charge on any atom is 0.119 e. The SMILES string of the molecule is N#Cc1c(-c2ccccc2)cc(-c2cccs2)nc1SCC(O)COc1ccccc1. The molecule has 0 bridgehead atoms. The summed E-state index contributed by atoms with van der Waals surface area (Å²) in [6.45, 7) is 0.176. The molecule has 2 aromatic carbocycles. The lowest BCUT2D eigenvalue weighted by atomic mass is 10.0. The molecule has 1 N–H and O–H groups in total. The van der Waals surface area contributed by atoms with Crippen molar-refractivity contribution in [3.63, 3.8) is 0 Å². The number of thioether (sulfide) groups is 1. The Morgan fingerprint density at radius 1 is 1.03 bits per heavy atom. The van der Waals surface area contributed by atoms with Crippen molar-refractivity contribution in [3.05, 3.63) is 89.8 Å². The maximum absolute atomic E-state index is 10.4. The minimum atomic E-state index is -0.691. The molecule has 1 atom stereocenters. The van der Waals surface area contributed by atoms with E-state index in [4.69, 9.17) is 9.72 Å². The van der Waals surface area contributed by atoms with Crippen molar-refractivity contribution in [2.75, 3.05) is 12.4 Å². The number of para-hydroxylation sites is 1. The van der Waals surface area contributed by atoms with E-state index in [2.05, 4.69) is 6.07 Å². The summed E-state index contributed by atoms with van der Waals surface area (Å²) in [6.07, 6.45) is -0.691. The minimum absolute atomic E-state index is 0.176. The van der Waals surface area contributed by atoms with E-state index in [-0.39, 0.29) is 6.61 Å². The Kier molecular flexibility index (Phi) is 7.00. The molecule has 0 spiro atoms. The number of aliphatic hydroxyl groups is 1. The Morgan fingerprint density at radius 3 is 2.45 bits per heavy atom. The zero-order chi connectivity index (χ0) is 21.5. The highest BCUT2D eigenvalue weighted by Crippen LogP contribution is 2.35. The maximum atomic E-state index is 10.4. The highest BCUT2D eigenvalue weighted by atomic mass is 32.2. The molecule has 4 aromatic rings. The highest BCUT2D eigenvalue weighted by molar-refractivity contribution is 7.99. The summed E-state index contributed by atoms with van der Waals surface area (Å²) in [5.41, 5.74) is 3.16. The lowest BCUT2D eigenvalue weighted by Crippen LogP contribution is -2.20. The first-order valence-electron chi connectivity index (χ1n) is 9.78. The van der Waals surface area contributed by atoms with Crippen LogP contribution in [0.3, 0.4) is 0 Å². The van der Waals surface area contributed by atoms with Crippen molar-refractivity contribution in [2.45, 2.75) is 11.1 Å². The van der Waals surface area contributed by atoms with Gasteiger partial charge in [0.25, 0.3) is 0 Å². The van der Waals surface area contributed by atoms with Gasteiger partial charge in [-0.2, -0.15) is 5.26 Å². The third kappa shape index (κ3) is 5.33. The van der Waals surface area contributed by atoms with Gasteiger partial charge >= 0.3 is 0 Å². The van der Waals surface area contributed by atoms with Gasteiger partial charge in [0.1, 0.15) is 23.5 Å². The second-order valence-electron chi connectivity index (χ2n) is 6.78. The van der Waals surface area contributed by atoms with E-state index in [1.54, 1.807) is 11.3 Å². The monoisotopic (exact) mass is 444 g/mol. The first kappa shape index (κ1) is 21.1. The summed E-state index contributed by atoms with van der Waals surface area (Å²) in [6, 6.07) is 27.6. The second kappa shape index (κ2) is 10.3. The Bertz CT molecular complexity index is 1160. The summed E-state index contributed by atoms with van der Waals surface area (Å²) in [7, 11) is 0. The fraction of sp³-hybridized carbons (Fsp3) is 0.120. The fourth-order valence-corrected chi connectivity index (χ4v) is 4.66. The van der Waals surface area contributed by atoms with E-state index in [9.17, 15) is 10.4 Å². The van der Waals surface area contributed by atoms with Crippen LogP contribution in [0, 0.1) is 11.3 Å². The Balaban J connectivity index is 1.58. The topological polar surface area (TPSA) is 66.1 Å². The Labute approximate surface area is 189 Å². The van der Waals surface area contributed by atoms with E-state index in [0.717, 1.165) is 21.7 Å². The van der Waals surface area contributed by atoms with E-state index in [0.29, 0.717) is 22.1 Å². The van der Waals surface area contributed by atoms with Gasteiger partial charge in [0.2, 0.25) is 0 Å². The Hall–Kier alpha value is -3.11. The molecule has 0 radical (unpaired) electrons. The number of hydrogen-bond acceptors (Lipinski definition) is 6. The number of rotatable bonds is 8. The molecule has 0 fully saturated rings. The normalized spacial score (nSPS) is 11.6. The van der Waals surface area contributed by atoms with Crippen molar-refractivity contribution in [1.82, 2.24) is 4.98 Å². The van der Waals surface area contributed by atoms with Crippen LogP contribution in [0.5, 0.6) is 5.75 Å². The van der Waals surface area contributed by atoms with Crippen LogP contribution in [-0.2, 0) is 0 Å². The van der Waals surface area contributed by atoms with Gasteiger partial charge in [-0.05, 0) is 35.2 Å². The number of hydrogen-bond donors (Lipinski definition) is 1. The zero-order valence-corrected chi connectivity index (χ0v) is 18.3. The first-order valence-corrected chi connectivity index (χ1v) is 11.6. The zero-order valence-electron chi connectivity index (χ0n) is 16.6. The third-order valence-corrected chi connectivity index (χ3v) is 6.57. The lowest BCUT2D eigenvalue weighted by Gasteiger charge is -2.14. The van der Waals surface area contributed by atoms with E-state index >= 15 is 0 Å². The van der Waals surface area contributed by atoms with Gasteiger partial charge in [-0.3, -0.25) is 0 Å². The summed E-state index contributed by atoms with van der Waals surface area (Å²) in [5, 5.41) is 23.0. The number of aliphatic hydroxyl groups excluding tert-OH is 1. The molecule has 0 amide bonds. The predicted molar refractivity (Wildman–Crippen MR) is 126 cm³/mol. The molecule has 154 valence electrons. The smallest absolute Gasteiger partial charge is 0.119 e. The molecule has 1 unspecified atom stereocenters. The van der Waals surface area contributed by atoms with Gasteiger partial charge in [-0.25, -0.2) is 4.98 Å². The quantitative estimate of drug-likeness (QED) is 0.344. The van der Waals surface area contributed by atoms with Crippen molar-refractivity contribution in [3.8, 4) is 33.5 Å². The first-order chi connectivity index (χ1) is 15.2. The standard InChI is InChI=1S/C25H20N2O2S2/c26-15-22-21(18-8-3-1-4-9-18)14-23(24-12-7-13-30-24)27-25(22)31-17-19(28)16-29-20-10-5-2-6-11-20/h1-14,19,28H,16-17H2. The molecule has 4 nitrogen and oxygen atoms in total.